The van der Waals surface area contributed by atoms with Crippen LogP contribution in [0.15, 0.2) is 103 Å². The van der Waals surface area contributed by atoms with Crippen molar-refractivity contribution in [1.29, 1.82) is 0 Å². The average Bonchev–Trinajstić information content (AvgIpc) is 2.82. The third-order valence-electron chi connectivity index (χ3n) is 5.54. The van der Waals surface area contributed by atoms with E-state index in [2.05, 4.69) is 0 Å². The minimum atomic E-state index is -1.13. The Bertz CT molecular complexity index is 1530. The Morgan fingerprint density at radius 2 is 1.09 bits per heavy atom. The molecule has 0 unspecified atom stereocenters. The highest BCUT2D eigenvalue weighted by Crippen LogP contribution is 2.39. The van der Waals surface area contributed by atoms with E-state index in [1.54, 1.807) is 60.7 Å². The molecule has 6 nitrogen and oxygen atoms in total. The SMILES string of the molecule is O=c1oc2ccccc2c(O)c1C(/C=C/c1ccccc1)c1c(O)c2ccccc2oc1=O. The molecule has 2 N–H and O–H groups in total. The number of aromatic hydroxyl groups is 2. The van der Waals surface area contributed by atoms with E-state index in [-0.39, 0.29) is 33.8 Å². The molecule has 0 saturated heterocycles. The van der Waals surface area contributed by atoms with Crippen LogP contribution in [-0.2, 0) is 0 Å². The minimum absolute atomic E-state index is 0.168. The standard InChI is InChI=1S/C27H18O6/c28-24-17-10-4-6-12-20(17)32-26(30)22(24)19(15-14-16-8-2-1-3-9-16)23-25(29)18-11-5-7-13-21(18)33-27(23)31/h1-15,19,28-29H/b15-14+. The van der Waals surface area contributed by atoms with E-state index in [1.165, 1.54) is 0 Å². The zero-order chi connectivity index (χ0) is 22.9. The van der Waals surface area contributed by atoms with E-state index >= 15 is 0 Å². The summed E-state index contributed by atoms with van der Waals surface area (Å²) >= 11 is 0. The van der Waals surface area contributed by atoms with Crippen molar-refractivity contribution in [3.63, 3.8) is 0 Å². The van der Waals surface area contributed by atoms with Crippen LogP contribution in [0, 0.1) is 0 Å². The number of fused-ring (bicyclic) bond motifs is 2. The molecule has 0 amide bonds. The van der Waals surface area contributed by atoms with E-state index in [9.17, 15) is 19.8 Å². The predicted molar refractivity (Wildman–Crippen MR) is 126 cm³/mol. The van der Waals surface area contributed by atoms with Gasteiger partial charge in [0.2, 0.25) is 0 Å². The summed E-state index contributed by atoms with van der Waals surface area (Å²) in [5, 5.41) is 22.7. The van der Waals surface area contributed by atoms with Crippen LogP contribution in [0.4, 0.5) is 0 Å². The Balaban J connectivity index is 1.82. The molecule has 0 aliphatic heterocycles. The van der Waals surface area contributed by atoms with Crippen LogP contribution in [-0.4, -0.2) is 10.2 Å². The van der Waals surface area contributed by atoms with Gasteiger partial charge in [-0.05, 0) is 29.8 Å². The molecule has 6 heteroatoms. The first-order valence-corrected chi connectivity index (χ1v) is 10.3. The second kappa shape index (κ2) is 8.16. The third kappa shape index (κ3) is 3.57. The summed E-state index contributed by atoms with van der Waals surface area (Å²) < 4.78 is 10.9. The fourth-order valence-corrected chi connectivity index (χ4v) is 3.95. The summed E-state index contributed by atoms with van der Waals surface area (Å²) in [6.07, 6.45) is 3.27. The Hall–Kier alpha value is -4.58. The van der Waals surface area contributed by atoms with Crippen LogP contribution in [0.3, 0.4) is 0 Å². The number of hydrogen-bond donors (Lipinski definition) is 2. The monoisotopic (exact) mass is 438 g/mol. The summed E-state index contributed by atoms with van der Waals surface area (Å²) in [4.78, 5) is 26.0. The van der Waals surface area contributed by atoms with Crippen molar-refractivity contribution in [3.05, 3.63) is 122 Å². The van der Waals surface area contributed by atoms with Crippen LogP contribution in [0.25, 0.3) is 28.0 Å². The smallest absolute Gasteiger partial charge is 0.344 e. The second-order valence-electron chi connectivity index (χ2n) is 7.54. The molecule has 5 rings (SSSR count). The molecule has 0 fully saturated rings. The zero-order valence-corrected chi connectivity index (χ0v) is 17.3. The topological polar surface area (TPSA) is 101 Å². The van der Waals surface area contributed by atoms with Gasteiger partial charge in [-0.2, -0.15) is 0 Å². The summed E-state index contributed by atoms with van der Waals surface area (Å²) in [6, 6.07) is 22.4. The molecule has 5 aromatic rings. The predicted octanol–water partition coefficient (Wildman–Crippen LogP) is 5.16. The van der Waals surface area contributed by atoms with Gasteiger partial charge in [-0.15, -0.1) is 0 Å². The van der Waals surface area contributed by atoms with Gasteiger partial charge in [0.15, 0.2) is 0 Å². The maximum Gasteiger partial charge on any atom is 0.344 e. The van der Waals surface area contributed by atoms with Gasteiger partial charge in [0.25, 0.3) is 0 Å². The van der Waals surface area contributed by atoms with Gasteiger partial charge in [-0.25, -0.2) is 9.59 Å². The molecular weight excluding hydrogens is 420 g/mol. The van der Waals surface area contributed by atoms with Crippen molar-refractivity contribution in [1.82, 2.24) is 0 Å². The second-order valence-corrected chi connectivity index (χ2v) is 7.54. The lowest BCUT2D eigenvalue weighted by Gasteiger charge is -2.16. The normalized spacial score (nSPS) is 11.7. The molecule has 0 radical (unpaired) electrons. The molecule has 0 atom stereocenters. The maximum atomic E-state index is 13.0. The molecule has 0 bridgehead atoms. The maximum absolute atomic E-state index is 13.0. The van der Waals surface area contributed by atoms with Gasteiger partial charge in [0.1, 0.15) is 22.7 Å². The average molecular weight is 438 g/mol. The Labute approximate surface area is 187 Å². The van der Waals surface area contributed by atoms with Gasteiger partial charge in [0.05, 0.1) is 21.9 Å². The number of para-hydroxylation sites is 2. The van der Waals surface area contributed by atoms with E-state index in [0.29, 0.717) is 10.8 Å². The highest BCUT2D eigenvalue weighted by Gasteiger charge is 2.29. The lowest BCUT2D eigenvalue weighted by atomic mass is 9.89. The first-order valence-electron chi connectivity index (χ1n) is 10.3. The van der Waals surface area contributed by atoms with Crippen LogP contribution < -0.4 is 11.3 Å². The lowest BCUT2D eigenvalue weighted by molar-refractivity contribution is 0.443. The fourth-order valence-electron chi connectivity index (χ4n) is 3.95. The molecule has 2 heterocycles. The fraction of sp³-hybridized carbons (Fsp3) is 0.0370. The molecule has 162 valence electrons. The number of allylic oxidation sites excluding steroid dienone is 1. The van der Waals surface area contributed by atoms with E-state index in [1.807, 2.05) is 30.3 Å². The third-order valence-corrected chi connectivity index (χ3v) is 5.54. The number of hydrogen-bond acceptors (Lipinski definition) is 6. The first kappa shape index (κ1) is 20.3. The summed E-state index contributed by atoms with van der Waals surface area (Å²) in [6.45, 7) is 0. The Morgan fingerprint density at radius 1 is 0.636 bits per heavy atom. The number of rotatable bonds is 4. The van der Waals surface area contributed by atoms with Crippen molar-refractivity contribution in [3.8, 4) is 11.5 Å². The molecular formula is C27H18O6. The van der Waals surface area contributed by atoms with Crippen molar-refractivity contribution in [2.45, 2.75) is 5.92 Å². The highest BCUT2D eigenvalue weighted by molar-refractivity contribution is 5.86. The quantitative estimate of drug-likeness (QED) is 0.376. The van der Waals surface area contributed by atoms with Crippen LogP contribution in [0.5, 0.6) is 11.5 Å². The van der Waals surface area contributed by atoms with E-state index in [4.69, 9.17) is 8.83 Å². The van der Waals surface area contributed by atoms with Gasteiger partial charge in [0, 0.05) is 5.92 Å². The summed E-state index contributed by atoms with van der Waals surface area (Å²) in [5.74, 6) is -1.78. The van der Waals surface area contributed by atoms with Gasteiger partial charge < -0.3 is 19.0 Å². The molecule has 0 saturated carbocycles. The van der Waals surface area contributed by atoms with Crippen molar-refractivity contribution in [2.75, 3.05) is 0 Å². The van der Waals surface area contributed by atoms with Gasteiger partial charge in [-0.3, -0.25) is 0 Å². The first-order chi connectivity index (χ1) is 16.0. The summed E-state index contributed by atoms with van der Waals surface area (Å²) in [5.41, 5.74) is -0.746. The molecule has 0 aliphatic carbocycles. The van der Waals surface area contributed by atoms with Crippen LogP contribution in [0.1, 0.15) is 22.6 Å². The van der Waals surface area contributed by atoms with E-state index < -0.39 is 17.2 Å². The minimum Gasteiger partial charge on any atom is -0.507 e. The Kier molecular flexibility index (Phi) is 5.03. The van der Waals surface area contributed by atoms with Gasteiger partial charge >= 0.3 is 11.3 Å². The largest absolute Gasteiger partial charge is 0.507 e. The van der Waals surface area contributed by atoms with Crippen molar-refractivity contribution >= 4 is 28.0 Å². The molecule has 3 aromatic carbocycles. The number of benzene rings is 3. The lowest BCUT2D eigenvalue weighted by Crippen LogP contribution is -2.19. The molecule has 0 aliphatic rings. The van der Waals surface area contributed by atoms with Crippen molar-refractivity contribution < 1.29 is 19.0 Å². The molecule has 2 aromatic heterocycles. The van der Waals surface area contributed by atoms with Crippen LogP contribution in [0.2, 0.25) is 0 Å². The van der Waals surface area contributed by atoms with E-state index in [0.717, 1.165) is 5.56 Å². The van der Waals surface area contributed by atoms with Gasteiger partial charge in [-0.1, -0.05) is 66.7 Å². The van der Waals surface area contributed by atoms with Crippen molar-refractivity contribution in [2.24, 2.45) is 0 Å². The highest BCUT2D eigenvalue weighted by atomic mass is 16.4. The molecule has 0 spiro atoms. The Morgan fingerprint density at radius 3 is 1.61 bits per heavy atom. The summed E-state index contributed by atoms with van der Waals surface area (Å²) in [7, 11) is 0. The molecule has 33 heavy (non-hydrogen) atoms. The zero-order valence-electron chi connectivity index (χ0n) is 17.3. The van der Waals surface area contributed by atoms with Crippen LogP contribution >= 0.6 is 0 Å².